The second-order valence-corrected chi connectivity index (χ2v) is 7.84. The third-order valence-electron chi connectivity index (χ3n) is 4.16. The number of carboxylic acids is 1. The summed E-state index contributed by atoms with van der Waals surface area (Å²) in [6.07, 6.45) is 3.51. The number of benzene rings is 2. The molecule has 4 aromatic rings. The van der Waals surface area contributed by atoms with Crippen LogP contribution in [0, 0.1) is 6.92 Å². The lowest BCUT2D eigenvalue weighted by Gasteiger charge is -2.16. The topological polar surface area (TPSA) is 75.1 Å². The summed E-state index contributed by atoms with van der Waals surface area (Å²) in [7, 11) is 0. The van der Waals surface area contributed by atoms with E-state index in [1.807, 2.05) is 36.6 Å². The number of aromatic carboxylic acids is 1. The molecule has 4 rings (SSSR count). The van der Waals surface area contributed by atoms with E-state index in [2.05, 4.69) is 31.2 Å². The number of nitrogens with one attached hydrogen (secondary N) is 1. The minimum atomic E-state index is -0.975. The monoisotopic (exact) mass is 439 g/mol. The Labute approximate surface area is 167 Å². The third-order valence-corrected chi connectivity index (χ3v) is 5.46. The van der Waals surface area contributed by atoms with Crippen molar-refractivity contribution >= 4 is 55.5 Å². The van der Waals surface area contributed by atoms with Crippen LogP contribution in [-0.4, -0.2) is 21.0 Å². The molecule has 7 heteroatoms. The lowest BCUT2D eigenvalue weighted by Crippen LogP contribution is -2.04. The van der Waals surface area contributed by atoms with Crippen molar-refractivity contribution in [2.75, 3.05) is 5.32 Å². The average molecular weight is 440 g/mol. The van der Waals surface area contributed by atoms with Crippen molar-refractivity contribution in [1.82, 2.24) is 9.97 Å². The third kappa shape index (κ3) is 3.43. The van der Waals surface area contributed by atoms with Crippen LogP contribution in [0.25, 0.3) is 21.5 Å². The van der Waals surface area contributed by atoms with E-state index in [4.69, 9.17) is 0 Å². The van der Waals surface area contributed by atoms with Crippen molar-refractivity contribution in [2.45, 2.75) is 6.92 Å². The highest BCUT2D eigenvalue weighted by Crippen LogP contribution is 2.38. The van der Waals surface area contributed by atoms with Crippen molar-refractivity contribution < 1.29 is 9.90 Å². The van der Waals surface area contributed by atoms with Crippen LogP contribution in [0.2, 0.25) is 0 Å². The van der Waals surface area contributed by atoms with E-state index in [0.717, 1.165) is 37.2 Å². The van der Waals surface area contributed by atoms with Crippen LogP contribution in [0.15, 0.2) is 58.6 Å². The first-order valence-corrected chi connectivity index (χ1v) is 9.79. The van der Waals surface area contributed by atoms with Crippen LogP contribution in [0.1, 0.15) is 15.9 Å². The number of anilines is 2. The lowest BCUT2D eigenvalue weighted by molar-refractivity contribution is 0.0698. The fourth-order valence-electron chi connectivity index (χ4n) is 2.90. The van der Waals surface area contributed by atoms with Crippen LogP contribution in [-0.2, 0) is 0 Å². The molecule has 5 nitrogen and oxygen atoms in total. The zero-order valence-electron chi connectivity index (χ0n) is 14.2. The smallest absolute Gasteiger partial charge is 0.337 e. The van der Waals surface area contributed by atoms with E-state index in [-0.39, 0.29) is 5.56 Å². The summed E-state index contributed by atoms with van der Waals surface area (Å²) in [6, 6.07) is 11.1. The molecule has 0 atom stereocenters. The largest absolute Gasteiger partial charge is 0.478 e. The predicted octanol–water partition coefficient (Wildman–Crippen LogP) is 5.87. The second-order valence-electron chi connectivity index (χ2n) is 6.02. The number of aromatic nitrogens is 2. The van der Waals surface area contributed by atoms with Gasteiger partial charge in [0.15, 0.2) is 0 Å². The van der Waals surface area contributed by atoms with Crippen LogP contribution in [0.4, 0.5) is 11.4 Å². The highest BCUT2D eigenvalue weighted by molar-refractivity contribution is 9.10. The molecule has 0 bridgehead atoms. The van der Waals surface area contributed by atoms with Gasteiger partial charge in [0.25, 0.3) is 0 Å². The SMILES string of the molecule is Cc1ccc(Nc2c(-c3nccs3)cnc3ccc(Br)cc23)c(C(=O)O)c1. The molecular formula is C20H14BrN3O2S. The maximum Gasteiger partial charge on any atom is 0.337 e. The van der Waals surface area contributed by atoms with Crippen LogP contribution in [0.3, 0.4) is 0 Å². The first-order valence-electron chi connectivity index (χ1n) is 8.12. The first kappa shape index (κ1) is 17.6. The van der Waals surface area contributed by atoms with E-state index in [9.17, 15) is 9.90 Å². The first-order chi connectivity index (χ1) is 13.0. The number of halogens is 1. The van der Waals surface area contributed by atoms with Gasteiger partial charge in [0.05, 0.1) is 28.0 Å². The Balaban J connectivity index is 1.96. The number of aryl methyl sites for hydroxylation is 1. The van der Waals surface area contributed by atoms with Crippen LogP contribution < -0.4 is 5.32 Å². The molecule has 0 unspecified atom stereocenters. The molecule has 0 radical (unpaired) electrons. The summed E-state index contributed by atoms with van der Waals surface area (Å²) < 4.78 is 0.915. The molecular weight excluding hydrogens is 426 g/mol. The standard InChI is InChI=1S/C20H14BrN3O2S/c1-11-2-4-17(14(8-11)20(25)26)24-18-13-9-12(21)3-5-16(13)23-10-15(18)19-22-6-7-27-19/h2-10H,1H3,(H,23,24)(H,25,26). The second kappa shape index (κ2) is 7.09. The van der Waals surface area contributed by atoms with Gasteiger partial charge < -0.3 is 10.4 Å². The van der Waals surface area contributed by atoms with Gasteiger partial charge in [0, 0.05) is 27.6 Å². The fourth-order valence-corrected chi connectivity index (χ4v) is 3.91. The van der Waals surface area contributed by atoms with Crippen LogP contribution in [0.5, 0.6) is 0 Å². The van der Waals surface area contributed by atoms with E-state index in [1.165, 1.54) is 11.3 Å². The number of hydrogen-bond donors (Lipinski definition) is 2. The van der Waals surface area contributed by atoms with Gasteiger partial charge in [-0.25, -0.2) is 9.78 Å². The number of nitrogens with zero attached hydrogens (tertiary/aromatic N) is 2. The van der Waals surface area contributed by atoms with Crippen molar-refractivity contribution in [1.29, 1.82) is 0 Å². The molecule has 134 valence electrons. The number of thiazole rings is 1. The summed E-state index contributed by atoms with van der Waals surface area (Å²) in [4.78, 5) is 20.7. The quantitative estimate of drug-likeness (QED) is 0.415. The lowest BCUT2D eigenvalue weighted by atomic mass is 10.1. The average Bonchev–Trinajstić information content (AvgIpc) is 3.17. The normalized spacial score (nSPS) is 10.9. The molecule has 0 saturated heterocycles. The minimum Gasteiger partial charge on any atom is -0.478 e. The molecule has 0 aliphatic heterocycles. The number of carbonyl (C=O) groups is 1. The van der Waals surface area contributed by atoms with Gasteiger partial charge in [-0.3, -0.25) is 4.98 Å². The van der Waals surface area contributed by atoms with E-state index < -0.39 is 5.97 Å². The molecule has 27 heavy (non-hydrogen) atoms. The van der Waals surface area contributed by atoms with Crippen LogP contribution >= 0.6 is 27.3 Å². The summed E-state index contributed by atoms with van der Waals surface area (Å²) >= 11 is 5.02. The fraction of sp³-hybridized carbons (Fsp3) is 0.0500. The minimum absolute atomic E-state index is 0.222. The number of hydrogen-bond acceptors (Lipinski definition) is 5. The number of rotatable bonds is 4. The van der Waals surface area contributed by atoms with E-state index in [0.29, 0.717) is 5.69 Å². The summed E-state index contributed by atoms with van der Waals surface area (Å²) in [5, 5.41) is 16.5. The number of pyridine rings is 1. The zero-order valence-corrected chi connectivity index (χ0v) is 16.6. The van der Waals surface area contributed by atoms with E-state index >= 15 is 0 Å². The van der Waals surface area contributed by atoms with Gasteiger partial charge in [-0.2, -0.15) is 0 Å². The Bertz CT molecular complexity index is 1160. The Hall–Kier alpha value is -2.77. The Morgan fingerprint density at radius 1 is 1.19 bits per heavy atom. The summed E-state index contributed by atoms with van der Waals surface area (Å²) in [6.45, 7) is 1.87. The Morgan fingerprint density at radius 3 is 2.78 bits per heavy atom. The van der Waals surface area contributed by atoms with Crippen molar-refractivity contribution in [3.8, 4) is 10.6 Å². The van der Waals surface area contributed by atoms with E-state index in [1.54, 1.807) is 24.5 Å². The molecule has 0 amide bonds. The summed E-state index contributed by atoms with van der Waals surface area (Å²) in [5.74, 6) is -0.975. The predicted molar refractivity (Wildman–Crippen MR) is 112 cm³/mol. The van der Waals surface area contributed by atoms with Gasteiger partial charge in [-0.1, -0.05) is 27.6 Å². The molecule has 2 N–H and O–H groups in total. The molecule has 2 aromatic carbocycles. The molecule has 0 saturated carbocycles. The van der Waals surface area contributed by atoms with Gasteiger partial charge >= 0.3 is 5.97 Å². The molecule has 2 aromatic heterocycles. The molecule has 0 aliphatic rings. The molecule has 2 heterocycles. The van der Waals surface area contributed by atoms with Crippen molar-refractivity contribution in [2.24, 2.45) is 0 Å². The Morgan fingerprint density at radius 2 is 2.04 bits per heavy atom. The summed E-state index contributed by atoms with van der Waals surface area (Å²) in [5.41, 5.74) is 4.05. The molecule has 0 fully saturated rings. The van der Waals surface area contributed by atoms with Crippen molar-refractivity contribution in [3.63, 3.8) is 0 Å². The molecule has 0 aliphatic carbocycles. The zero-order chi connectivity index (χ0) is 19.0. The van der Waals surface area contributed by atoms with Gasteiger partial charge in [-0.15, -0.1) is 11.3 Å². The van der Waals surface area contributed by atoms with Gasteiger partial charge in [0.2, 0.25) is 0 Å². The highest BCUT2D eigenvalue weighted by atomic mass is 79.9. The highest BCUT2D eigenvalue weighted by Gasteiger charge is 2.17. The maximum absolute atomic E-state index is 11.7. The van der Waals surface area contributed by atoms with Crippen molar-refractivity contribution in [3.05, 3.63) is 69.8 Å². The number of carboxylic acid groups (broad SMARTS) is 1. The van der Waals surface area contributed by atoms with Gasteiger partial charge in [-0.05, 0) is 37.3 Å². The molecule has 0 spiro atoms. The maximum atomic E-state index is 11.7. The Kier molecular flexibility index (Phi) is 4.63. The number of fused-ring (bicyclic) bond motifs is 1. The van der Waals surface area contributed by atoms with Gasteiger partial charge in [0.1, 0.15) is 5.01 Å².